The molecular formula is C24H23F12N3O3S. The van der Waals surface area contributed by atoms with Crippen molar-refractivity contribution >= 4 is 15.7 Å². The number of piperazine rings is 1. The van der Waals surface area contributed by atoms with E-state index in [9.17, 15) is 66.2 Å². The maximum atomic E-state index is 13.9. The lowest BCUT2D eigenvalue weighted by atomic mass is 9.87. The second-order valence-electron chi connectivity index (χ2n) is 10.0. The summed E-state index contributed by atoms with van der Waals surface area (Å²) in [6.07, 6.45) is -23.0. The summed E-state index contributed by atoms with van der Waals surface area (Å²) < 4.78 is 189. The highest BCUT2D eigenvalue weighted by molar-refractivity contribution is 7.89. The first kappa shape index (κ1) is 34.7. The third-order valence-corrected chi connectivity index (χ3v) is 9.16. The number of nitrogens with zero attached hydrogens (tertiary/aromatic N) is 2. The fourth-order valence-corrected chi connectivity index (χ4v) is 6.15. The molecule has 2 aromatic carbocycles. The summed E-state index contributed by atoms with van der Waals surface area (Å²) in [7, 11) is -4.46. The molecule has 2 atom stereocenters. The van der Waals surface area contributed by atoms with Gasteiger partial charge in [0.1, 0.15) is 0 Å². The van der Waals surface area contributed by atoms with Crippen LogP contribution in [0.25, 0.3) is 0 Å². The zero-order valence-corrected chi connectivity index (χ0v) is 22.7. The molecule has 1 fully saturated rings. The highest BCUT2D eigenvalue weighted by Crippen LogP contribution is 2.50. The number of nitrogens with two attached hydrogens (primary N) is 1. The molecule has 3 N–H and O–H groups in total. The second-order valence-corrected chi connectivity index (χ2v) is 11.9. The smallest absolute Gasteiger partial charge is 0.376 e. The van der Waals surface area contributed by atoms with Crippen molar-refractivity contribution in [3.05, 3.63) is 59.2 Å². The molecule has 242 valence electrons. The zero-order chi connectivity index (χ0) is 33.2. The fraction of sp³-hybridized carbons (Fsp3) is 0.500. The Kier molecular flexibility index (Phi) is 8.63. The van der Waals surface area contributed by atoms with Crippen LogP contribution >= 0.6 is 0 Å². The Bertz CT molecular complexity index is 1420. The van der Waals surface area contributed by atoms with E-state index in [1.54, 1.807) is 0 Å². The van der Waals surface area contributed by atoms with Crippen molar-refractivity contribution in [3.63, 3.8) is 0 Å². The predicted octanol–water partition coefficient (Wildman–Crippen LogP) is 5.65. The summed E-state index contributed by atoms with van der Waals surface area (Å²) in [6.45, 7) is 0.191. The van der Waals surface area contributed by atoms with E-state index in [4.69, 9.17) is 0 Å². The highest BCUT2D eigenvalue weighted by atomic mass is 32.2. The normalized spacial score (nSPS) is 19.8. The van der Waals surface area contributed by atoms with Crippen LogP contribution in [0.2, 0.25) is 0 Å². The number of sulfonamides is 1. The number of alkyl halides is 12. The maximum Gasteiger partial charge on any atom is 0.421 e. The maximum absolute atomic E-state index is 13.9. The minimum atomic E-state index is -6.22. The van der Waals surface area contributed by atoms with Crippen molar-refractivity contribution in [2.24, 2.45) is 5.73 Å². The lowest BCUT2D eigenvalue weighted by Gasteiger charge is -2.41. The van der Waals surface area contributed by atoms with Crippen LogP contribution in [0.1, 0.15) is 30.5 Å². The van der Waals surface area contributed by atoms with Gasteiger partial charge in [-0.05, 0) is 49.2 Å². The molecule has 1 heterocycles. The summed E-state index contributed by atoms with van der Waals surface area (Å²) in [4.78, 5) is 0.417. The fourth-order valence-electron chi connectivity index (χ4n) is 4.54. The average Bonchev–Trinajstić information content (AvgIpc) is 2.85. The topological polar surface area (TPSA) is 86.9 Å². The Hall–Kier alpha value is -2.77. The van der Waals surface area contributed by atoms with Gasteiger partial charge in [-0.15, -0.1) is 0 Å². The van der Waals surface area contributed by atoms with E-state index < -0.39 is 98.8 Å². The average molecular weight is 662 g/mol. The van der Waals surface area contributed by atoms with Crippen LogP contribution in [0, 0.1) is 0 Å². The Labute approximate surface area is 236 Å². The van der Waals surface area contributed by atoms with Gasteiger partial charge >= 0.3 is 24.7 Å². The second kappa shape index (κ2) is 10.7. The molecule has 6 nitrogen and oxygen atoms in total. The van der Waals surface area contributed by atoms with Crippen LogP contribution in [0.15, 0.2) is 47.4 Å². The van der Waals surface area contributed by atoms with E-state index in [0.29, 0.717) is 13.0 Å². The van der Waals surface area contributed by atoms with Gasteiger partial charge in [-0.25, -0.2) is 8.42 Å². The predicted molar refractivity (Wildman–Crippen MR) is 127 cm³/mol. The molecule has 1 unspecified atom stereocenters. The van der Waals surface area contributed by atoms with Crippen LogP contribution in [-0.4, -0.2) is 62.0 Å². The Morgan fingerprint density at radius 1 is 0.791 bits per heavy atom. The van der Waals surface area contributed by atoms with Crippen LogP contribution in [-0.2, 0) is 27.3 Å². The lowest BCUT2D eigenvalue weighted by Crippen LogP contribution is -2.60. The highest BCUT2D eigenvalue weighted by Gasteiger charge is 2.69. The van der Waals surface area contributed by atoms with Crippen molar-refractivity contribution in [1.29, 1.82) is 0 Å². The van der Waals surface area contributed by atoms with Crippen molar-refractivity contribution in [3.8, 4) is 0 Å². The van der Waals surface area contributed by atoms with Gasteiger partial charge in [-0.2, -0.15) is 57.0 Å². The van der Waals surface area contributed by atoms with Crippen LogP contribution < -0.4 is 10.6 Å². The number of anilines is 1. The number of benzene rings is 2. The number of hydrogen-bond acceptors (Lipinski definition) is 5. The van der Waals surface area contributed by atoms with Crippen LogP contribution in [0.3, 0.4) is 0 Å². The Balaban J connectivity index is 1.95. The third-order valence-electron chi connectivity index (χ3n) is 7.13. The van der Waals surface area contributed by atoms with E-state index in [-0.39, 0.29) is 12.1 Å². The summed E-state index contributed by atoms with van der Waals surface area (Å²) in [5, 5.41) is 9.78. The molecule has 0 saturated carbocycles. The van der Waals surface area contributed by atoms with Gasteiger partial charge in [0.25, 0.3) is 0 Å². The standard InChI is InChI=1S/C24H23F12N3O3S/c1-13-12-38(9-10-39(13)43(41,42)16-6-3-14(4-7-16)19(2,40)22(28,29)30)18-8-5-15(11-17(18)21(25,26)27)20(37,23(31,32)33)24(34,35)36/h3-8,11,13,40H,9-10,12,37H2,1-2H3/t13-,19?/m1/s1. The van der Waals surface area contributed by atoms with Crippen LogP contribution in [0.4, 0.5) is 58.4 Å². The van der Waals surface area contributed by atoms with Crippen molar-refractivity contribution in [2.45, 2.75) is 60.6 Å². The van der Waals surface area contributed by atoms with E-state index in [0.717, 1.165) is 33.5 Å². The van der Waals surface area contributed by atoms with E-state index in [1.165, 1.54) is 6.92 Å². The minimum Gasteiger partial charge on any atom is -0.376 e. The quantitative estimate of drug-likeness (QED) is 0.405. The molecular weight excluding hydrogens is 638 g/mol. The molecule has 1 saturated heterocycles. The Morgan fingerprint density at radius 2 is 1.28 bits per heavy atom. The summed E-state index contributed by atoms with van der Waals surface area (Å²) in [6, 6.07) is 2.14. The van der Waals surface area contributed by atoms with Gasteiger partial charge in [0.05, 0.1) is 10.5 Å². The lowest BCUT2D eigenvalue weighted by molar-refractivity contribution is -0.302. The molecule has 0 bridgehead atoms. The molecule has 0 amide bonds. The first-order valence-electron chi connectivity index (χ1n) is 12.0. The third kappa shape index (κ3) is 6.12. The molecule has 3 rings (SSSR count). The van der Waals surface area contributed by atoms with Gasteiger partial charge in [-0.3, -0.25) is 0 Å². The molecule has 0 aromatic heterocycles. The number of halogens is 12. The summed E-state index contributed by atoms with van der Waals surface area (Å²) >= 11 is 0. The minimum absolute atomic E-state index is 0.163. The van der Waals surface area contributed by atoms with E-state index >= 15 is 0 Å². The van der Waals surface area contributed by atoms with Gasteiger partial charge in [-0.1, -0.05) is 18.2 Å². The number of rotatable bonds is 5. The molecule has 0 aliphatic carbocycles. The largest absolute Gasteiger partial charge is 0.421 e. The number of aliphatic hydroxyl groups is 1. The molecule has 19 heteroatoms. The molecule has 2 aromatic rings. The van der Waals surface area contributed by atoms with Gasteiger partial charge in [0.2, 0.25) is 15.6 Å². The van der Waals surface area contributed by atoms with Gasteiger partial charge < -0.3 is 15.7 Å². The first-order chi connectivity index (χ1) is 19.2. The monoisotopic (exact) mass is 661 g/mol. The van der Waals surface area contributed by atoms with Crippen LogP contribution in [0.5, 0.6) is 0 Å². The molecule has 1 aliphatic heterocycles. The Morgan fingerprint density at radius 3 is 1.70 bits per heavy atom. The number of hydrogen-bond donors (Lipinski definition) is 2. The van der Waals surface area contributed by atoms with E-state index in [2.05, 4.69) is 5.73 Å². The summed E-state index contributed by atoms with van der Waals surface area (Å²) in [5.41, 5.74) is -9.07. The van der Waals surface area contributed by atoms with Crippen molar-refractivity contribution in [1.82, 2.24) is 4.31 Å². The zero-order valence-electron chi connectivity index (χ0n) is 21.9. The molecule has 1 aliphatic rings. The van der Waals surface area contributed by atoms with Gasteiger partial charge in [0.15, 0.2) is 5.60 Å². The SMILES string of the molecule is C[C@@H]1CN(c2ccc(C(N)(C(F)(F)F)C(F)(F)F)cc2C(F)(F)F)CCN1S(=O)(=O)c1ccc(C(C)(O)C(F)(F)F)cc1. The molecule has 0 radical (unpaired) electrons. The molecule has 43 heavy (non-hydrogen) atoms. The van der Waals surface area contributed by atoms with E-state index in [1.807, 2.05) is 0 Å². The van der Waals surface area contributed by atoms with Gasteiger partial charge in [0, 0.05) is 31.4 Å². The first-order valence-corrected chi connectivity index (χ1v) is 13.4. The summed E-state index contributed by atoms with van der Waals surface area (Å²) in [5.74, 6) is 0. The van der Waals surface area contributed by atoms with Crippen molar-refractivity contribution in [2.75, 3.05) is 24.5 Å². The van der Waals surface area contributed by atoms with Crippen molar-refractivity contribution < 1.29 is 66.2 Å². The molecule has 0 spiro atoms.